The monoisotopic (exact) mass is 502 g/mol. The largest absolute Gasteiger partial charge is 0.241 e. The first-order valence-electron chi connectivity index (χ1n) is 10.2. The number of hydrogen-bond donors (Lipinski definition) is 0. The van der Waals surface area contributed by atoms with Crippen LogP contribution in [0.15, 0.2) is 52.9 Å². The summed E-state index contributed by atoms with van der Waals surface area (Å²) < 4.78 is 41.1. The van der Waals surface area contributed by atoms with Gasteiger partial charge < -0.3 is 0 Å². The molecule has 0 aliphatic heterocycles. The third-order valence-corrected chi connectivity index (χ3v) is 8.45. The van der Waals surface area contributed by atoms with Crippen molar-refractivity contribution in [1.29, 1.82) is 0 Å². The van der Waals surface area contributed by atoms with E-state index in [1.54, 1.807) is 35.2 Å². The molecule has 0 atom stereocenters. The molecule has 0 aliphatic carbocycles. The van der Waals surface area contributed by atoms with Gasteiger partial charge in [-0.15, -0.1) is 11.3 Å². The highest BCUT2D eigenvalue weighted by Gasteiger charge is 2.23. The van der Waals surface area contributed by atoms with Crippen molar-refractivity contribution >= 4 is 49.3 Å². The van der Waals surface area contributed by atoms with Crippen LogP contribution in [0.25, 0.3) is 21.5 Å². The molecule has 0 bridgehead atoms. The highest BCUT2D eigenvalue weighted by Crippen LogP contribution is 2.37. The lowest BCUT2D eigenvalue weighted by Gasteiger charge is -2.21. The van der Waals surface area contributed by atoms with Gasteiger partial charge in [0, 0.05) is 23.9 Å². The number of rotatable bonds is 7. The molecule has 0 unspecified atom stereocenters. The highest BCUT2D eigenvalue weighted by molar-refractivity contribution is 8.00. The summed E-state index contributed by atoms with van der Waals surface area (Å²) in [5.41, 5.74) is 3.88. The summed E-state index contributed by atoms with van der Waals surface area (Å²) in [6, 6.07) is 14.0. The summed E-state index contributed by atoms with van der Waals surface area (Å²) in [6.07, 6.45) is 1.11. The van der Waals surface area contributed by atoms with Crippen molar-refractivity contribution < 1.29 is 12.8 Å². The number of aromatic nitrogens is 3. The van der Waals surface area contributed by atoms with Crippen LogP contribution in [0.5, 0.6) is 0 Å². The molecule has 0 saturated heterocycles. The first kappa shape index (κ1) is 23.6. The van der Waals surface area contributed by atoms with Crippen molar-refractivity contribution in [1.82, 2.24) is 15.0 Å². The van der Waals surface area contributed by atoms with E-state index in [2.05, 4.69) is 9.97 Å². The van der Waals surface area contributed by atoms with Crippen LogP contribution in [0.1, 0.15) is 31.0 Å². The number of benzene rings is 2. The fourth-order valence-electron chi connectivity index (χ4n) is 3.29. The summed E-state index contributed by atoms with van der Waals surface area (Å²) >= 11 is 3.20. The second-order valence-corrected chi connectivity index (χ2v) is 12.1. The third-order valence-electron chi connectivity index (χ3n) is 5.09. The lowest BCUT2D eigenvalue weighted by molar-refractivity contribution is 0.599. The van der Waals surface area contributed by atoms with Crippen LogP contribution in [-0.2, 0) is 15.8 Å². The maximum atomic E-state index is 13.6. The molecule has 0 amide bonds. The molecule has 10 heteroatoms. The van der Waals surface area contributed by atoms with E-state index in [4.69, 9.17) is 4.98 Å². The Hall–Kier alpha value is -2.56. The van der Waals surface area contributed by atoms with Gasteiger partial charge in [-0.3, -0.25) is 0 Å². The number of thioether (sulfide) groups is 1. The molecule has 0 aliphatic rings. The fourth-order valence-corrected chi connectivity index (χ4v) is 5.76. The fraction of sp³-hybridized carbons (Fsp3) is 0.261. The number of fused-ring (bicyclic) bond motifs is 1. The standard InChI is InChI=1S/C23H23FN4O2S3/c1-14(2)20-17(13-31-23-25-18-7-5-6-8-19(18)32-23)21(15-9-11-16(24)12-10-15)27-22(26-20)28(3)33(4,29)30/h5-12,14H,13H2,1-4H3. The Kier molecular flexibility index (Phi) is 6.69. The van der Waals surface area contributed by atoms with Crippen LogP contribution in [0, 0.1) is 5.82 Å². The molecule has 4 rings (SSSR count). The van der Waals surface area contributed by atoms with Gasteiger partial charge in [-0.2, -0.15) is 0 Å². The van der Waals surface area contributed by atoms with Gasteiger partial charge in [0.25, 0.3) is 0 Å². The SMILES string of the molecule is CC(C)c1nc(N(C)S(C)(=O)=O)nc(-c2ccc(F)cc2)c1CSc1nc2ccccc2s1. The number of anilines is 1. The van der Waals surface area contributed by atoms with Gasteiger partial charge in [-0.05, 0) is 42.3 Å². The normalized spacial score (nSPS) is 11.9. The van der Waals surface area contributed by atoms with Crippen LogP contribution >= 0.6 is 23.1 Å². The molecule has 2 aromatic carbocycles. The first-order chi connectivity index (χ1) is 15.6. The van der Waals surface area contributed by atoms with E-state index in [0.29, 0.717) is 17.0 Å². The average Bonchev–Trinajstić information content (AvgIpc) is 3.19. The van der Waals surface area contributed by atoms with Crippen molar-refractivity contribution in [3.63, 3.8) is 0 Å². The lowest BCUT2D eigenvalue weighted by atomic mass is 9.99. The molecule has 2 aromatic heterocycles. The Balaban J connectivity index is 1.82. The van der Waals surface area contributed by atoms with E-state index in [9.17, 15) is 12.8 Å². The van der Waals surface area contributed by atoms with Crippen molar-refractivity contribution in [2.45, 2.75) is 29.9 Å². The Bertz CT molecular complexity index is 1370. The Labute approximate surface area is 201 Å². The van der Waals surface area contributed by atoms with Crippen molar-refractivity contribution in [3.8, 4) is 11.3 Å². The van der Waals surface area contributed by atoms with E-state index in [0.717, 1.165) is 36.4 Å². The number of thiazole rings is 1. The molecule has 0 saturated carbocycles. The van der Waals surface area contributed by atoms with Crippen molar-refractivity contribution in [3.05, 3.63) is 65.6 Å². The minimum atomic E-state index is -3.55. The number of sulfonamides is 1. The second-order valence-electron chi connectivity index (χ2n) is 7.86. The predicted molar refractivity (Wildman–Crippen MR) is 134 cm³/mol. The predicted octanol–water partition coefficient (Wildman–Crippen LogP) is 5.70. The minimum absolute atomic E-state index is 0.0184. The van der Waals surface area contributed by atoms with Gasteiger partial charge in [-0.1, -0.05) is 37.7 Å². The van der Waals surface area contributed by atoms with Gasteiger partial charge in [0.15, 0.2) is 4.34 Å². The number of nitrogens with zero attached hydrogens (tertiary/aromatic N) is 4. The van der Waals surface area contributed by atoms with E-state index in [1.807, 2.05) is 38.1 Å². The molecule has 2 heterocycles. The topological polar surface area (TPSA) is 76.1 Å². The molecule has 0 radical (unpaired) electrons. The molecule has 0 fully saturated rings. The Morgan fingerprint density at radius 3 is 2.39 bits per heavy atom. The number of hydrogen-bond acceptors (Lipinski definition) is 7. The van der Waals surface area contributed by atoms with Crippen LogP contribution in [0.4, 0.5) is 10.3 Å². The number of halogens is 1. The molecular weight excluding hydrogens is 479 g/mol. The molecule has 4 aromatic rings. The summed E-state index contributed by atoms with van der Waals surface area (Å²) in [5, 5.41) is 0. The van der Waals surface area contributed by atoms with Crippen LogP contribution in [0.3, 0.4) is 0 Å². The molecule has 6 nitrogen and oxygen atoms in total. The van der Waals surface area contributed by atoms with Crippen LogP contribution in [0.2, 0.25) is 0 Å². The third kappa shape index (κ3) is 5.18. The molecule has 172 valence electrons. The van der Waals surface area contributed by atoms with Gasteiger partial charge >= 0.3 is 0 Å². The quantitative estimate of drug-likeness (QED) is 0.302. The van der Waals surface area contributed by atoms with Crippen molar-refractivity contribution in [2.24, 2.45) is 0 Å². The molecule has 0 spiro atoms. The smallest absolute Gasteiger partial charge is 0.239 e. The Morgan fingerprint density at radius 2 is 1.76 bits per heavy atom. The van der Waals surface area contributed by atoms with E-state index in [1.165, 1.54) is 19.2 Å². The summed E-state index contributed by atoms with van der Waals surface area (Å²) in [4.78, 5) is 13.9. The number of para-hydroxylation sites is 1. The first-order valence-corrected chi connectivity index (χ1v) is 13.9. The van der Waals surface area contributed by atoms with Gasteiger partial charge in [0.05, 0.1) is 27.9 Å². The van der Waals surface area contributed by atoms with Crippen molar-refractivity contribution in [2.75, 3.05) is 17.6 Å². The zero-order valence-corrected chi connectivity index (χ0v) is 21.1. The Morgan fingerprint density at radius 1 is 1.06 bits per heavy atom. The molecular formula is C23H23FN4O2S3. The van der Waals surface area contributed by atoms with Crippen LogP contribution < -0.4 is 4.31 Å². The maximum absolute atomic E-state index is 13.6. The van der Waals surface area contributed by atoms with E-state index < -0.39 is 10.0 Å². The van der Waals surface area contributed by atoms with Gasteiger partial charge in [0.1, 0.15) is 5.82 Å². The highest BCUT2D eigenvalue weighted by atomic mass is 32.2. The molecule has 33 heavy (non-hydrogen) atoms. The average molecular weight is 503 g/mol. The zero-order valence-electron chi connectivity index (χ0n) is 18.6. The maximum Gasteiger partial charge on any atom is 0.239 e. The summed E-state index contributed by atoms with van der Waals surface area (Å²) in [7, 11) is -2.12. The van der Waals surface area contributed by atoms with E-state index >= 15 is 0 Å². The zero-order chi connectivity index (χ0) is 23.8. The van der Waals surface area contributed by atoms with Crippen LogP contribution in [-0.4, -0.2) is 36.7 Å². The van der Waals surface area contributed by atoms with E-state index in [-0.39, 0.29) is 17.7 Å². The summed E-state index contributed by atoms with van der Waals surface area (Å²) in [6.45, 7) is 4.01. The second kappa shape index (κ2) is 9.36. The summed E-state index contributed by atoms with van der Waals surface area (Å²) in [5.74, 6) is 0.304. The van der Waals surface area contributed by atoms with Gasteiger partial charge in [0.2, 0.25) is 16.0 Å². The van der Waals surface area contributed by atoms with Gasteiger partial charge in [-0.25, -0.2) is 32.1 Å². The molecule has 0 N–H and O–H groups in total. The minimum Gasteiger partial charge on any atom is -0.241 e. The lowest BCUT2D eigenvalue weighted by Crippen LogP contribution is -2.27.